The van der Waals surface area contributed by atoms with Gasteiger partial charge in [-0.1, -0.05) is 67.2 Å². The van der Waals surface area contributed by atoms with Gasteiger partial charge in [-0.3, -0.25) is 4.79 Å². The maximum atomic E-state index is 12.6. The zero-order valence-electron chi connectivity index (χ0n) is 16.9. The van der Waals surface area contributed by atoms with Crippen molar-refractivity contribution in [1.82, 2.24) is 0 Å². The van der Waals surface area contributed by atoms with Crippen molar-refractivity contribution in [1.29, 1.82) is 0 Å². The van der Waals surface area contributed by atoms with E-state index >= 15 is 0 Å². The van der Waals surface area contributed by atoms with Crippen molar-refractivity contribution in [3.8, 4) is 22.6 Å². The second kappa shape index (κ2) is 8.32. The largest absolute Gasteiger partial charge is 0.507 e. The van der Waals surface area contributed by atoms with Crippen LogP contribution in [-0.4, -0.2) is 24.2 Å². The minimum atomic E-state index is -0.735. The van der Waals surface area contributed by atoms with Crippen LogP contribution in [0.1, 0.15) is 6.42 Å². The topological polar surface area (TPSA) is 72.8 Å². The van der Waals surface area contributed by atoms with E-state index in [1.54, 1.807) is 12.1 Å². The monoisotopic (exact) mass is 412 g/mol. The first kappa shape index (κ1) is 20.2. The highest BCUT2D eigenvalue weighted by Crippen LogP contribution is 2.45. The van der Waals surface area contributed by atoms with E-state index in [1.807, 2.05) is 60.7 Å². The van der Waals surface area contributed by atoms with Gasteiger partial charge < -0.3 is 14.6 Å². The molecule has 0 fully saturated rings. The second-order valence-electron chi connectivity index (χ2n) is 7.09. The molecular formula is C26H20O5. The van der Waals surface area contributed by atoms with Crippen LogP contribution in [0.3, 0.4) is 0 Å². The van der Waals surface area contributed by atoms with E-state index in [9.17, 15) is 14.7 Å². The van der Waals surface area contributed by atoms with Crippen LogP contribution in [0.2, 0.25) is 0 Å². The summed E-state index contributed by atoms with van der Waals surface area (Å²) in [6.45, 7) is 3.65. The lowest BCUT2D eigenvalue weighted by atomic mass is 9.92. The molecule has 0 amide bonds. The molecule has 4 aromatic rings. The molecule has 0 radical (unpaired) electrons. The van der Waals surface area contributed by atoms with Gasteiger partial charge in [0.1, 0.15) is 11.5 Å². The van der Waals surface area contributed by atoms with E-state index in [0.29, 0.717) is 11.1 Å². The van der Waals surface area contributed by atoms with Crippen LogP contribution < -0.4 is 4.74 Å². The number of rotatable bonds is 5. The quantitative estimate of drug-likeness (QED) is 0.270. The number of hydrogen-bond donors (Lipinski definition) is 1. The SMILES string of the molecule is C=C(CC(=O)OC)C(=O)Oc1ccc2ccccc2c1-c1c(O)ccc2ccccc12. The average Bonchev–Trinajstić information content (AvgIpc) is 2.79. The summed E-state index contributed by atoms with van der Waals surface area (Å²) in [4.78, 5) is 24.1. The molecule has 4 aromatic carbocycles. The first-order valence-electron chi connectivity index (χ1n) is 9.69. The fraction of sp³-hybridized carbons (Fsp3) is 0.0769. The van der Waals surface area contributed by atoms with Gasteiger partial charge in [-0.25, -0.2) is 4.79 Å². The summed E-state index contributed by atoms with van der Waals surface area (Å²) in [5.41, 5.74) is 1.14. The Morgan fingerprint density at radius 2 is 1.42 bits per heavy atom. The number of ether oxygens (including phenoxy) is 2. The molecule has 4 rings (SSSR count). The Labute approximate surface area is 179 Å². The Hall–Kier alpha value is -4.12. The number of phenolic OH excluding ortho intramolecular Hbond substituents is 1. The first-order chi connectivity index (χ1) is 15.0. The molecule has 31 heavy (non-hydrogen) atoms. The molecule has 0 saturated heterocycles. The lowest BCUT2D eigenvalue weighted by Crippen LogP contribution is -2.14. The van der Waals surface area contributed by atoms with Crippen molar-refractivity contribution in [2.75, 3.05) is 7.11 Å². The van der Waals surface area contributed by atoms with Gasteiger partial charge in [0.05, 0.1) is 13.5 Å². The third-order valence-corrected chi connectivity index (χ3v) is 5.12. The molecule has 5 nitrogen and oxygen atoms in total. The number of carbonyl (C=O) groups is 2. The number of methoxy groups -OCH3 is 1. The molecule has 0 atom stereocenters. The molecule has 154 valence electrons. The number of phenols is 1. The van der Waals surface area contributed by atoms with Crippen LogP contribution in [0.5, 0.6) is 11.5 Å². The molecule has 0 spiro atoms. The first-order valence-corrected chi connectivity index (χ1v) is 9.69. The lowest BCUT2D eigenvalue weighted by Gasteiger charge is -2.17. The molecule has 0 aromatic heterocycles. The predicted octanol–water partition coefficient (Wildman–Crippen LogP) is 5.39. The number of carbonyl (C=O) groups excluding carboxylic acids is 2. The predicted molar refractivity (Wildman–Crippen MR) is 120 cm³/mol. The van der Waals surface area contributed by atoms with Crippen LogP contribution in [0, 0.1) is 0 Å². The zero-order chi connectivity index (χ0) is 22.0. The molecule has 0 unspecified atom stereocenters. The highest BCUT2D eigenvalue weighted by molar-refractivity contribution is 6.10. The van der Waals surface area contributed by atoms with Gasteiger partial charge in [0.15, 0.2) is 0 Å². The number of fused-ring (bicyclic) bond motifs is 2. The van der Waals surface area contributed by atoms with E-state index in [4.69, 9.17) is 4.74 Å². The second-order valence-corrected chi connectivity index (χ2v) is 7.09. The molecule has 0 aliphatic carbocycles. The Balaban J connectivity index is 1.91. The van der Waals surface area contributed by atoms with Crippen LogP contribution in [0.25, 0.3) is 32.7 Å². The minimum Gasteiger partial charge on any atom is -0.507 e. The summed E-state index contributed by atoms with van der Waals surface area (Å²) in [6, 6.07) is 22.3. The Kier molecular flexibility index (Phi) is 5.41. The van der Waals surface area contributed by atoms with Gasteiger partial charge in [0.25, 0.3) is 0 Å². The smallest absolute Gasteiger partial charge is 0.339 e. The molecule has 1 N–H and O–H groups in total. The molecule has 5 heteroatoms. The Bertz CT molecular complexity index is 1340. The van der Waals surface area contributed by atoms with Crippen molar-refractivity contribution in [2.24, 2.45) is 0 Å². The Morgan fingerprint density at radius 3 is 2.06 bits per heavy atom. The summed E-state index contributed by atoms with van der Waals surface area (Å²) >= 11 is 0. The van der Waals surface area contributed by atoms with Crippen molar-refractivity contribution >= 4 is 33.5 Å². The third kappa shape index (κ3) is 3.85. The van der Waals surface area contributed by atoms with E-state index < -0.39 is 11.9 Å². The van der Waals surface area contributed by atoms with Crippen LogP contribution >= 0.6 is 0 Å². The molecule has 0 aliphatic heterocycles. The van der Waals surface area contributed by atoms with Gasteiger partial charge in [0.2, 0.25) is 0 Å². The van der Waals surface area contributed by atoms with E-state index in [0.717, 1.165) is 21.5 Å². The van der Waals surface area contributed by atoms with E-state index in [1.165, 1.54) is 7.11 Å². The zero-order valence-corrected chi connectivity index (χ0v) is 16.9. The fourth-order valence-electron chi connectivity index (χ4n) is 3.61. The van der Waals surface area contributed by atoms with Gasteiger partial charge in [-0.15, -0.1) is 0 Å². The maximum absolute atomic E-state index is 12.6. The maximum Gasteiger partial charge on any atom is 0.339 e. The van der Waals surface area contributed by atoms with Crippen LogP contribution in [0.15, 0.2) is 84.9 Å². The molecule has 0 aliphatic rings. The van der Waals surface area contributed by atoms with Gasteiger partial charge >= 0.3 is 11.9 Å². The van der Waals surface area contributed by atoms with Crippen molar-refractivity contribution in [3.63, 3.8) is 0 Å². The standard InChI is InChI=1S/C26H20O5/c1-16(15-23(28)30-2)26(29)31-22-14-12-18-8-4-6-10-20(18)25(22)24-19-9-5-3-7-17(19)11-13-21(24)27/h3-14,27H,1,15H2,2H3. The molecule has 0 saturated carbocycles. The Morgan fingerprint density at radius 1 is 0.839 bits per heavy atom. The number of aromatic hydroxyl groups is 1. The number of hydrogen-bond acceptors (Lipinski definition) is 5. The molecule has 0 bridgehead atoms. The molecule has 0 heterocycles. The summed E-state index contributed by atoms with van der Waals surface area (Å²) < 4.78 is 10.3. The van der Waals surface area contributed by atoms with Crippen LogP contribution in [0.4, 0.5) is 0 Å². The number of benzene rings is 4. The summed E-state index contributed by atoms with van der Waals surface area (Å²) in [5.74, 6) is -0.976. The van der Waals surface area contributed by atoms with Crippen molar-refractivity contribution in [3.05, 3.63) is 84.9 Å². The fourth-order valence-corrected chi connectivity index (χ4v) is 3.61. The van der Waals surface area contributed by atoms with Crippen molar-refractivity contribution in [2.45, 2.75) is 6.42 Å². The minimum absolute atomic E-state index is 0.0203. The number of esters is 2. The van der Waals surface area contributed by atoms with E-state index in [-0.39, 0.29) is 23.5 Å². The summed E-state index contributed by atoms with van der Waals surface area (Å²) in [6.07, 6.45) is -0.266. The van der Waals surface area contributed by atoms with E-state index in [2.05, 4.69) is 11.3 Å². The summed E-state index contributed by atoms with van der Waals surface area (Å²) in [5, 5.41) is 14.3. The molecular weight excluding hydrogens is 392 g/mol. The highest BCUT2D eigenvalue weighted by atomic mass is 16.5. The summed E-state index contributed by atoms with van der Waals surface area (Å²) in [7, 11) is 1.24. The van der Waals surface area contributed by atoms with Gasteiger partial charge in [0, 0.05) is 16.7 Å². The highest BCUT2D eigenvalue weighted by Gasteiger charge is 2.21. The van der Waals surface area contributed by atoms with Crippen LogP contribution in [-0.2, 0) is 14.3 Å². The van der Waals surface area contributed by atoms with Gasteiger partial charge in [-0.2, -0.15) is 0 Å². The average molecular weight is 412 g/mol. The lowest BCUT2D eigenvalue weighted by molar-refractivity contribution is -0.141. The third-order valence-electron chi connectivity index (χ3n) is 5.12. The van der Waals surface area contributed by atoms with Gasteiger partial charge in [-0.05, 0) is 33.7 Å². The van der Waals surface area contributed by atoms with Crippen molar-refractivity contribution < 1.29 is 24.2 Å². The normalized spacial score (nSPS) is 10.7.